The molecule has 0 amide bonds. The monoisotopic (exact) mass is 444 g/mol. The molecule has 2 heteroatoms. The van der Waals surface area contributed by atoms with Gasteiger partial charge >= 0.3 is 0 Å². The highest BCUT2D eigenvalue weighted by atomic mass is 127. The predicted octanol–water partition coefficient (Wildman–Crippen LogP) is 6.54. The Morgan fingerprint density at radius 3 is 1.56 bits per heavy atom. The molecular formula is C14H22I2. The van der Waals surface area contributed by atoms with Crippen molar-refractivity contribution in [3.63, 3.8) is 0 Å². The molecule has 1 aliphatic rings. The summed E-state index contributed by atoms with van der Waals surface area (Å²) in [4.78, 5) is 0. The quantitative estimate of drug-likeness (QED) is 0.432. The van der Waals surface area contributed by atoms with E-state index in [1.807, 2.05) is 0 Å². The molecule has 0 unspecified atom stereocenters. The normalized spacial score (nSPS) is 23.2. The lowest BCUT2D eigenvalue weighted by Gasteiger charge is -2.22. The predicted molar refractivity (Wildman–Crippen MR) is 90.4 cm³/mol. The molecule has 0 bridgehead atoms. The van der Waals surface area contributed by atoms with Crippen LogP contribution in [-0.4, -0.2) is 0 Å². The van der Waals surface area contributed by atoms with Gasteiger partial charge in [-0.2, -0.15) is 0 Å². The van der Waals surface area contributed by atoms with Crippen LogP contribution in [0.2, 0.25) is 0 Å². The molecular weight excluding hydrogens is 422 g/mol. The minimum atomic E-state index is 1.27. The second kappa shape index (κ2) is 8.11. The molecule has 0 saturated heterocycles. The summed E-state index contributed by atoms with van der Waals surface area (Å²) in [7, 11) is 0. The van der Waals surface area contributed by atoms with Gasteiger partial charge in [-0.15, -0.1) is 0 Å². The van der Waals surface area contributed by atoms with Gasteiger partial charge in [-0.25, -0.2) is 0 Å². The second-order valence-electron chi connectivity index (χ2n) is 4.47. The number of hydrogen-bond donors (Lipinski definition) is 0. The highest BCUT2D eigenvalue weighted by Crippen LogP contribution is 2.39. The zero-order valence-corrected chi connectivity index (χ0v) is 14.7. The minimum absolute atomic E-state index is 1.27. The van der Waals surface area contributed by atoms with E-state index >= 15 is 0 Å². The Bertz CT molecular complexity index is 257. The molecule has 92 valence electrons. The van der Waals surface area contributed by atoms with Crippen molar-refractivity contribution < 1.29 is 0 Å². The Morgan fingerprint density at radius 1 is 0.875 bits per heavy atom. The summed E-state index contributed by atoms with van der Waals surface area (Å²) in [5.41, 5.74) is 3.40. The summed E-state index contributed by atoms with van der Waals surface area (Å²) in [6.07, 6.45) is 10.5. The molecule has 0 atom stereocenters. The Morgan fingerprint density at radius 2 is 1.25 bits per heavy atom. The standard InChI is InChI=1S/C14H22I2/c1-3-7-13(15)11-9-5-6-10-12(11)14(16)8-4-2/h3-10H2,1-2H3. The number of rotatable bonds is 4. The lowest BCUT2D eigenvalue weighted by Crippen LogP contribution is -2.02. The van der Waals surface area contributed by atoms with Crippen molar-refractivity contribution in [2.45, 2.75) is 65.2 Å². The van der Waals surface area contributed by atoms with E-state index in [1.54, 1.807) is 18.3 Å². The molecule has 0 aromatic carbocycles. The van der Waals surface area contributed by atoms with E-state index in [9.17, 15) is 0 Å². The first kappa shape index (κ1) is 15.0. The summed E-state index contributed by atoms with van der Waals surface area (Å²) in [5.74, 6) is 0. The highest BCUT2D eigenvalue weighted by Gasteiger charge is 2.17. The molecule has 0 radical (unpaired) electrons. The van der Waals surface area contributed by atoms with Gasteiger partial charge in [0, 0.05) is 0 Å². The number of halogens is 2. The van der Waals surface area contributed by atoms with E-state index in [1.165, 1.54) is 51.4 Å². The van der Waals surface area contributed by atoms with Gasteiger partial charge in [0.15, 0.2) is 0 Å². The fourth-order valence-corrected chi connectivity index (χ4v) is 4.51. The molecule has 0 heterocycles. The molecule has 1 saturated carbocycles. The molecule has 1 aliphatic carbocycles. The van der Waals surface area contributed by atoms with Gasteiger partial charge < -0.3 is 0 Å². The van der Waals surface area contributed by atoms with Crippen molar-refractivity contribution in [1.82, 2.24) is 0 Å². The van der Waals surface area contributed by atoms with Crippen LogP contribution in [0.15, 0.2) is 18.3 Å². The fraction of sp³-hybridized carbons (Fsp3) is 0.714. The van der Waals surface area contributed by atoms with Gasteiger partial charge in [0.05, 0.1) is 0 Å². The van der Waals surface area contributed by atoms with Gasteiger partial charge in [-0.3, -0.25) is 0 Å². The summed E-state index contributed by atoms with van der Waals surface area (Å²) in [6, 6.07) is 0. The molecule has 1 fully saturated rings. The Balaban J connectivity index is 2.95. The van der Waals surface area contributed by atoms with Gasteiger partial charge in [0.25, 0.3) is 0 Å². The second-order valence-corrected chi connectivity index (χ2v) is 7.08. The van der Waals surface area contributed by atoms with Gasteiger partial charge in [0.2, 0.25) is 0 Å². The van der Waals surface area contributed by atoms with Gasteiger partial charge in [-0.1, -0.05) is 26.7 Å². The van der Waals surface area contributed by atoms with E-state index in [-0.39, 0.29) is 0 Å². The lowest BCUT2D eigenvalue weighted by molar-refractivity contribution is 0.669. The third-order valence-electron chi connectivity index (χ3n) is 3.06. The zero-order chi connectivity index (χ0) is 12.0. The summed E-state index contributed by atoms with van der Waals surface area (Å²) in [6.45, 7) is 4.56. The van der Waals surface area contributed by atoms with Crippen LogP contribution >= 0.6 is 45.2 Å². The van der Waals surface area contributed by atoms with E-state index in [0.29, 0.717) is 0 Å². The van der Waals surface area contributed by atoms with Crippen molar-refractivity contribution in [3.8, 4) is 0 Å². The maximum absolute atomic E-state index is 2.58. The average molecular weight is 444 g/mol. The van der Waals surface area contributed by atoms with Crippen molar-refractivity contribution in [2.75, 3.05) is 0 Å². The first-order valence-electron chi connectivity index (χ1n) is 6.46. The van der Waals surface area contributed by atoms with E-state index < -0.39 is 0 Å². The summed E-state index contributed by atoms with van der Waals surface area (Å²) >= 11 is 5.16. The minimum Gasteiger partial charge on any atom is -0.0650 e. The summed E-state index contributed by atoms with van der Waals surface area (Å²) < 4.78 is 3.25. The Hall–Kier alpha value is 0.940. The number of allylic oxidation sites excluding steroid dienone is 4. The first-order valence-corrected chi connectivity index (χ1v) is 8.61. The van der Waals surface area contributed by atoms with Crippen molar-refractivity contribution >= 4 is 45.2 Å². The maximum Gasteiger partial charge on any atom is -0.00591 e. The zero-order valence-electron chi connectivity index (χ0n) is 10.4. The molecule has 0 N–H and O–H groups in total. The molecule has 0 nitrogen and oxygen atoms in total. The van der Waals surface area contributed by atoms with Crippen LogP contribution in [0.5, 0.6) is 0 Å². The summed E-state index contributed by atoms with van der Waals surface area (Å²) in [5, 5.41) is 0. The Kier molecular flexibility index (Phi) is 7.61. The van der Waals surface area contributed by atoms with Crippen LogP contribution in [0.3, 0.4) is 0 Å². The SMILES string of the molecule is CCCC(I)=C1CCCCC1=C(I)CCC. The third-order valence-corrected chi connectivity index (χ3v) is 5.44. The molecule has 1 rings (SSSR count). The van der Waals surface area contributed by atoms with Crippen molar-refractivity contribution in [1.29, 1.82) is 0 Å². The van der Waals surface area contributed by atoms with Gasteiger partial charge in [-0.05, 0) is 102 Å². The number of hydrogen-bond acceptors (Lipinski definition) is 0. The molecule has 16 heavy (non-hydrogen) atoms. The first-order chi connectivity index (χ1) is 7.70. The molecule has 0 aliphatic heterocycles. The fourth-order valence-electron chi connectivity index (χ4n) is 2.24. The third kappa shape index (κ3) is 4.31. The van der Waals surface area contributed by atoms with Crippen molar-refractivity contribution in [2.24, 2.45) is 0 Å². The maximum atomic E-state index is 2.58. The molecule has 0 spiro atoms. The van der Waals surface area contributed by atoms with Crippen LogP contribution in [0.4, 0.5) is 0 Å². The average Bonchev–Trinajstić information content (AvgIpc) is 2.30. The topological polar surface area (TPSA) is 0 Å². The smallest absolute Gasteiger partial charge is 0.00591 e. The van der Waals surface area contributed by atoms with Crippen LogP contribution in [-0.2, 0) is 0 Å². The van der Waals surface area contributed by atoms with Crippen LogP contribution in [0.1, 0.15) is 65.2 Å². The largest absolute Gasteiger partial charge is 0.0650 e. The van der Waals surface area contributed by atoms with Crippen LogP contribution in [0, 0.1) is 0 Å². The van der Waals surface area contributed by atoms with E-state index in [0.717, 1.165) is 0 Å². The van der Waals surface area contributed by atoms with Gasteiger partial charge in [0.1, 0.15) is 0 Å². The van der Waals surface area contributed by atoms with Crippen LogP contribution in [0.25, 0.3) is 0 Å². The van der Waals surface area contributed by atoms with Crippen LogP contribution < -0.4 is 0 Å². The molecule has 0 aromatic heterocycles. The molecule has 0 aromatic rings. The van der Waals surface area contributed by atoms with Crippen molar-refractivity contribution in [3.05, 3.63) is 18.3 Å². The Labute approximate surface area is 128 Å². The van der Waals surface area contributed by atoms with E-state index in [4.69, 9.17) is 0 Å². The highest BCUT2D eigenvalue weighted by molar-refractivity contribution is 14.1. The lowest BCUT2D eigenvalue weighted by atomic mass is 9.88. The van der Waals surface area contributed by atoms with E-state index in [2.05, 4.69) is 59.0 Å².